The number of aromatic amines is 1. The van der Waals surface area contributed by atoms with Crippen LogP contribution >= 0.6 is 11.8 Å². The van der Waals surface area contributed by atoms with Gasteiger partial charge >= 0.3 is 0 Å². The predicted molar refractivity (Wildman–Crippen MR) is 99.2 cm³/mol. The van der Waals surface area contributed by atoms with Gasteiger partial charge in [-0.2, -0.15) is 0 Å². The highest BCUT2D eigenvalue weighted by molar-refractivity contribution is 7.99. The van der Waals surface area contributed by atoms with Gasteiger partial charge in [0.25, 0.3) is 5.56 Å². The number of amides is 1. The van der Waals surface area contributed by atoms with Gasteiger partial charge < -0.3 is 10.3 Å². The highest BCUT2D eigenvalue weighted by Crippen LogP contribution is 2.12. The molecule has 8 nitrogen and oxygen atoms in total. The molecule has 1 amide bonds. The maximum absolute atomic E-state index is 11.9. The minimum absolute atomic E-state index is 0.0186. The lowest BCUT2D eigenvalue weighted by atomic mass is 10.2. The molecule has 10 heteroatoms. The maximum atomic E-state index is 11.9. The topological polar surface area (TPSA) is 135 Å². The summed E-state index contributed by atoms with van der Waals surface area (Å²) in [6.45, 7) is 2.25. The first-order valence-corrected chi connectivity index (χ1v) is 10.4. The minimum atomic E-state index is -3.73. The molecule has 0 unspecified atom stereocenters. The lowest BCUT2D eigenvalue weighted by Gasteiger charge is -2.06. The van der Waals surface area contributed by atoms with Crippen molar-refractivity contribution in [1.29, 1.82) is 0 Å². The molecule has 140 valence electrons. The molecule has 0 saturated heterocycles. The highest BCUT2D eigenvalue weighted by Gasteiger charge is 2.08. The number of benzene rings is 1. The minimum Gasteiger partial charge on any atom is -0.351 e. The van der Waals surface area contributed by atoms with Crippen molar-refractivity contribution >= 4 is 27.7 Å². The summed E-state index contributed by atoms with van der Waals surface area (Å²) in [6.07, 6.45) is 1.59. The van der Waals surface area contributed by atoms with Crippen molar-refractivity contribution in [3.05, 3.63) is 51.9 Å². The summed E-state index contributed by atoms with van der Waals surface area (Å²) in [6, 6.07) is 7.40. The molecule has 0 aliphatic carbocycles. The second-order valence-corrected chi connectivity index (χ2v) is 8.07. The summed E-state index contributed by atoms with van der Waals surface area (Å²) in [5.74, 6) is -0.123. The molecule has 4 N–H and O–H groups in total. The zero-order valence-corrected chi connectivity index (χ0v) is 15.8. The van der Waals surface area contributed by atoms with Crippen LogP contribution in [0.4, 0.5) is 0 Å². The molecule has 1 heterocycles. The van der Waals surface area contributed by atoms with E-state index >= 15 is 0 Å². The molecule has 0 fully saturated rings. The van der Waals surface area contributed by atoms with Crippen LogP contribution in [0.3, 0.4) is 0 Å². The van der Waals surface area contributed by atoms with Crippen LogP contribution in [0.5, 0.6) is 0 Å². The first kappa shape index (κ1) is 20.1. The number of nitrogens with two attached hydrogens (primary N) is 1. The molecule has 26 heavy (non-hydrogen) atoms. The van der Waals surface area contributed by atoms with Crippen LogP contribution in [0, 0.1) is 0 Å². The molecular weight excluding hydrogens is 376 g/mol. The molecule has 1 aromatic heterocycles. The molecule has 0 aliphatic heterocycles. The Bertz CT molecular complexity index is 924. The van der Waals surface area contributed by atoms with E-state index in [1.165, 1.54) is 18.2 Å². The third-order valence-electron chi connectivity index (χ3n) is 3.36. The van der Waals surface area contributed by atoms with Crippen molar-refractivity contribution in [2.24, 2.45) is 5.14 Å². The fraction of sp³-hybridized carbons (Fsp3) is 0.312. The van der Waals surface area contributed by atoms with Crippen LogP contribution in [0.25, 0.3) is 0 Å². The third-order valence-corrected chi connectivity index (χ3v) is 5.16. The maximum Gasteiger partial charge on any atom is 0.251 e. The van der Waals surface area contributed by atoms with Crippen molar-refractivity contribution in [1.82, 2.24) is 15.3 Å². The van der Waals surface area contributed by atoms with Crippen molar-refractivity contribution in [3.63, 3.8) is 0 Å². The second kappa shape index (κ2) is 8.97. The summed E-state index contributed by atoms with van der Waals surface area (Å²) < 4.78 is 22.4. The average Bonchev–Trinajstić information content (AvgIpc) is 2.57. The largest absolute Gasteiger partial charge is 0.351 e. The number of carbonyl (C=O) groups excluding carboxylic acids is 1. The van der Waals surface area contributed by atoms with E-state index in [2.05, 4.69) is 15.3 Å². The van der Waals surface area contributed by atoms with E-state index in [1.807, 2.05) is 6.92 Å². The van der Waals surface area contributed by atoms with Crippen LogP contribution in [-0.4, -0.2) is 30.0 Å². The second-order valence-electron chi connectivity index (χ2n) is 5.55. The van der Waals surface area contributed by atoms with Gasteiger partial charge in [-0.15, -0.1) is 0 Å². The van der Waals surface area contributed by atoms with Crippen LogP contribution in [0.2, 0.25) is 0 Å². The number of nitrogens with zero attached hydrogens (tertiary/aromatic N) is 1. The highest BCUT2D eigenvalue weighted by atomic mass is 32.2. The summed E-state index contributed by atoms with van der Waals surface area (Å²) in [4.78, 5) is 30.4. The molecule has 0 saturated carbocycles. The van der Waals surface area contributed by atoms with Gasteiger partial charge in [-0.05, 0) is 24.1 Å². The summed E-state index contributed by atoms with van der Waals surface area (Å²) in [5, 5.41) is 8.16. The lowest BCUT2D eigenvalue weighted by molar-refractivity contribution is -0.118. The number of rotatable bonds is 8. The van der Waals surface area contributed by atoms with Crippen LogP contribution in [-0.2, 0) is 27.8 Å². The Morgan fingerprint density at radius 2 is 2.00 bits per heavy atom. The van der Waals surface area contributed by atoms with Crippen molar-refractivity contribution < 1.29 is 13.2 Å². The number of carbonyl (C=O) groups is 1. The van der Waals surface area contributed by atoms with Gasteiger partial charge in [-0.1, -0.05) is 37.2 Å². The van der Waals surface area contributed by atoms with E-state index in [-0.39, 0.29) is 28.7 Å². The monoisotopic (exact) mass is 396 g/mol. The Kier molecular flexibility index (Phi) is 6.95. The first-order valence-electron chi connectivity index (χ1n) is 7.89. The van der Waals surface area contributed by atoms with Gasteiger partial charge in [-0.3, -0.25) is 9.59 Å². The number of nitrogens with one attached hydrogen (secondary N) is 2. The molecule has 0 radical (unpaired) electrons. The van der Waals surface area contributed by atoms with Crippen molar-refractivity contribution in [2.75, 3.05) is 5.75 Å². The van der Waals surface area contributed by atoms with E-state index in [9.17, 15) is 18.0 Å². The lowest BCUT2D eigenvalue weighted by Crippen LogP contribution is -2.25. The molecule has 2 aromatic rings. The smallest absolute Gasteiger partial charge is 0.251 e. The Balaban J connectivity index is 1.87. The SMILES string of the molecule is CCCc1cc(=O)[nH]c(SCC(=O)NCc2ccc(S(N)(=O)=O)cc2)n1. The van der Waals surface area contributed by atoms with Gasteiger partial charge in [0.15, 0.2) is 5.16 Å². The number of primary sulfonamides is 1. The van der Waals surface area contributed by atoms with E-state index in [1.54, 1.807) is 12.1 Å². The van der Waals surface area contributed by atoms with Gasteiger partial charge in [0, 0.05) is 18.3 Å². The Morgan fingerprint density at radius 1 is 1.31 bits per heavy atom. The van der Waals surface area contributed by atoms with Gasteiger partial charge in [-0.25, -0.2) is 18.5 Å². The number of sulfonamides is 1. The Morgan fingerprint density at radius 3 is 2.62 bits per heavy atom. The number of hydrogen-bond donors (Lipinski definition) is 3. The Hall–Kier alpha value is -2.17. The van der Waals surface area contributed by atoms with Crippen molar-refractivity contribution in [3.8, 4) is 0 Å². The third kappa shape index (κ3) is 6.28. The molecule has 0 bridgehead atoms. The molecule has 0 aliphatic rings. The number of aryl methyl sites for hydroxylation is 1. The van der Waals surface area contributed by atoms with E-state index < -0.39 is 10.0 Å². The van der Waals surface area contributed by atoms with Crippen molar-refractivity contribution in [2.45, 2.75) is 36.4 Å². The van der Waals surface area contributed by atoms with E-state index in [0.717, 1.165) is 23.7 Å². The standard InChI is InChI=1S/C16H20N4O4S2/c1-2-3-12-8-14(21)20-16(19-12)25-10-15(22)18-9-11-4-6-13(7-5-11)26(17,23)24/h4-8H,2-3,9-10H2,1H3,(H,18,22)(H2,17,23,24)(H,19,20,21). The van der Waals surface area contributed by atoms with E-state index in [0.29, 0.717) is 17.3 Å². The number of hydrogen-bond acceptors (Lipinski definition) is 6. The fourth-order valence-corrected chi connectivity index (χ4v) is 3.36. The quantitative estimate of drug-likeness (QED) is 0.446. The fourth-order valence-electron chi connectivity index (χ4n) is 2.12. The number of aromatic nitrogens is 2. The molecule has 0 atom stereocenters. The normalized spacial score (nSPS) is 11.3. The van der Waals surface area contributed by atoms with Crippen LogP contribution < -0.4 is 16.0 Å². The number of H-pyrrole nitrogens is 1. The molecular formula is C16H20N4O4S2. The molecule has 0 spiro atoms. The summed E-state index contributed by atoms with van der Waals surface area (Å²) in [5.41, 5.74) is 1.21. The molecule has 1 aromatic carbocycles. The van der Waals surface area contributed by atoms with Gasteiger partial charge in [0.05, 0.1) is 10.6 Å². The van der Waals surface area contributed by atoms with Crippen LogP contribution in [0.15, 0.2) is 45.2 Å². The zero-order valence-electron chi connectivity index (χ0n) is 14.2. The molecule has 2 rings (SSSR count). The van der Waals surface area contributed by atoms with Crippen LogP contribution in [0.1, 0.15) is 24.6 Å². The predicted octanol–water partition coefficient (Wildman–Crippen LogP) is 0.778. The zero-order chi connectivity index (χ0) is 19.2. The van der Waals surface area contributed by atoms with Gasteiger partial charge in [0.1, 0.15) is 0 Å². The summed E-state index contributed by atoms with van der Waals surface area (Å²) in [7, 11) is -3.73. The first-order chi connectivity index (χ1) is 12.3. The van der Waals surface area contributed by atoms with E-state index in [4.69, 9.17) is 5.14 Å². The summed E-state index contributed by atoms with van der Waals surface area (Å²) >= 11 is 1.15. The Labute approximate surface area is 155 Å². The average molecular weight is 396 g/mol. The van der Waals surface area contributed by atoms with Gasteiger partial charge in [0.2, 0.25) is 15.9 Å². The number of thioether (sulfide) groups is 1.